The molecule has 0 spiro atoms. The molecule has 0 aliphatic carbocycles. The summed E-state index contributed by atoms with van der Waals surface area (Å²) < 4.78 is 5.22. The van der Waals surface area contributed by atoms with E-state index in [0.717, 1.165) is 24.7 Å². The quantitative estimate of drug-likeness (QED) is 0.874. The van der Waals surface area contributed by atoms with Crippen molar-refractivity contribution in [2.24, 2.45) is 0 Å². The second kappa shape index (κ2) is 8.32. The number of hydrogen-bond donors (Lipinski definition) is 2. The highest BCUT2D eigenvalue weighted by molar-refractivity contribution is 5.90. The van der Waals surface area contributed by atoms with Gasteiger partial charge in [-0.05, 0) is 37.5 Å². The number of nitrogens with zero attached hydrogens (tertiary/aromatic N) is 3. The normalized spacial score (nSPS) is 14.0. The molecular weight excluding hydrogens is 318 g/mol. The number of ether oxygens (including phenoxy) is 1. The van der Waals surface area contributed by atoms with E-state index in [1.165, 1.54) is 19.3 Å². The zero-order valence-electron chi connectivity index (χ0n) is 14.4. The van der Waals surface area contributed by atoms with Crippen LogP contribution in [0.5, 0.6) is 5.75 Å². The standard InChI is InChI=1S/C18H23N5O2/c1-25-16-8-4-3-7-15(16)22-18(24)20-13-14-9-10-19-17(21-14)23-11-5-2-6-12-23/h3-4,7-10H,2,5-6,11-13H2,1H3,(H2,20,22,24). The third-order valence-corrected chi connectivity index (χ3v) is 4.12. The van der Waals surface area contributed by atoms with Crippen LogP contribution in [0.4, 0.5) is 16.4 Å². The Kier molecular flexibility index (Phi) is 5.66. The molecule has 0 radical (unpaired) electrons. The van der Waals surface area contributed by atoms with E-state index in [4.69, 9.17) is 4.74 Å². The number of hydrogen-bond acceptors (Lipinski definition) is 5. The van der Waals surface area contributed by atoms with Crippen LogP contribution in [0.25, 0.3) is 0 Å². The van der Waals surface area contributed by atoms with Crippen LogP contribution in [-0.4, -0.2) is 36.2 Å². The highest BCUT2D eigenvalue weighted by atomic mass is 16.5. The highest BCUT2D eigenvalue weighted by Crippen LogP contribution is 2.22. The van der Waals surface area contributed by atoms with Gasteiger partial charge in [0.2, 0.25) is 5.95 Å². The maximum Gasteiger partial charge on any atom is 0.319 e. The summed E-state index contributed by atoms with van der Waals surface area (Å²) in [5.74, 6) is 1.36. The van der Waals surface area contributed by atoms with E-state index in [1.807, 2.05) is 18.2 Å². The predicted octanol–water partition coefficient (Wildman–Crippen LogP) is 2.80. The van der Waals surface area contributed by atoms with Gasteiger partial charge >= 0.3 is 6.03 Å². The molecule has 0 unspecified atom stereocenters. The largest absolute Gasteiger partial charge is 0.495 e. The molecule has 0 bridgehead atoms. The van der Waals surface area contributed by atoms with Crippen LogP contribution in [0.1, 0.15) is 25.0 Å². The first-order chi connectivity index (χ1) is 12.3. The molecule has 2 aromatic rings. The van der Waals surface area contributed by atoms with E-state index in [-0.39, 0.29) is 6.03 Å². The first-order valence-electron chi connectivity index (χ1n) is 8.51. The zero-order valence-corrected chi connectivity index (χ0v) is 14.4. The smallest absolute Gasteiger partial charge is 0.319 e. The van der Waals surface area contributed by atoms with E-state index < -0.39 is 0 Å². The second-order valence-electron chi connectivity index (χ2n) is 5.90. The number of amides is 2. The van der Waals surface area contributed by atoms with Crippen molar-refractivity contribution in [2.75, 3.05) is 30.4 Å². The first-order valence-corrected chi connectivity index (χ1v) is 8.51. The molecule has 25 heavy (non-hydrogen) atoms. The monoisotopic (exact) mass is 341 g/mol. The Bertz CT molecular complexity index is 716. The van der Waals surface area contributed by atoms with E-state index >= 15 is 0 Å². The van der Waals surface area contributed by atoms with Gasteiger partial charge in [-0.15, -0.1) is 0 Å². The van der Waals surface area contributed by atoms with Crippen LogP contribution in [-0.2, 0) is 6.54 Å². The van der Waals surface area contributed by atoms with E-state index in [0.29, 0.717) is 18.0 Å². The molecule has 2 amide bonds. The van der Waals surface area contributed by atoms with Gasteiger partial charge in [0, 0.05) is 19.3 Å². The van der Waals surface area contributed by atoms with Gasteiger partial charge in [-0.1, -0.05) is 12.1 Å². The topological polar surface area (TPSA) is 79.4 Å². The van der Waals surface area contributed by atoms with Crippen LogP contribution in [0.2, 0.25) is 0 Å². The maximum atomic E-state index is 12.1. The number of nitrogens with one attached hydrogen (secondary N) is 2. The first kappa shape index (κ1) is 17.0. The van der Waals surface area contributed by atoms with Crippen LogP contribution >= 0.6 is 0 Å². The minimum Gasteiger partial charge on any atom is -0.495 e. The number of aromatic nitrogens is 2. The Balaban J connectivity index is 1.57. The average molecular weight is 341 g/mol. The Hall–Kier alpha value is -2.83. The lowest BCUT2D eigenvalue weighted by Gasteiger charge is -2.26. The van der Waals surface area contributed by atoms with Gasteiger partial charge < -0.3 is 20.3 Å². The van der Waals surface area contributed by atoms with Gasteiger partial charge in [0.05, 0.1) is 25.0 Å². The number of carbonyl (C=O) groups excluding carboxylic acids is 1. The SMILES string of the molecule is COc1ccccc1NC(=O)NCc1ccnc(N2CCCCC2)n1. The summed E-state index contributed by atoms with van der Waals surface area (Å²) in [5, 5.41) is 5.60. The van der Waals surface area contributed by atoms with Gasteiger partial charge in [-0.2, -0.15) is 0 Å². The summed E-state index contributed by atoms with van der Waals surface area (Å²) >= 11 is 0. The molecule has 1 fully saturated rings. The van der Waals surface area contributed by atoms with Crippen molar-refractivity contribution in [3.8, 4) is 5.75 Å². The fourth-order valence-corrected chi connectivity index (χ4v) is 2.81. The van der Waals surface area contributed by atoms with Crippen molar-refractivity contribution in [3.05, 3.63) is 42.2 Å². The Labute approximate surface area is 147 Å². The minimum absolute atomic E-state index is 0.303. The minimum atomic E-state index is -0.303. The molecule has 0 saturated carbocycles. The van der Waals surface area contributed by atoms with E-state index in [1.54, 1.807) is 25.4 Å². The third kappa shape index (κ3) is 4.59. The molecule has 0 atom stereocenters. The van der Waals surface area contributed by atoms with E-state index in [2.05, 4.69) is 25.5 Å². The number of rotatable bonds is 5. The highest BCUT2D eigenvalue weighted by Gasteiger charge is 2.14. The van der Waals surface area contributed by atoms with Gasteiger partial charge in [-0.3, -0.25) is 0 Å². The van der Waals surface area contributed by atoms with Crippen molar-refractivity contribution in [1.82, 2.24) is 15.3 Å². The van der Waals surface area contributed by atoms with Gasteiger partial charge in [0.25, 0.3) is 0 Å². The molecule has 1 saturated heterocycles. The molecule has 1 aliphatic rings. The van der Waals surface area contributed by atoms with Crippen molar-refractivity contribution < 1.29 is 9.53 Å². The fraction of sp³-hybridized carbons (Fsp3) is 0.389. The van der Waals surface area contributed by atoms with Gasteiger partial charge in [0.15, 0.2) is 0 Å². The molecule has 132 valence electrons. The molecule has 1 aromatic heterocycles. The molecule has 1 aromatic carbocycles. The van der Waals surface area contributed by atoms with Crippen molar-refractivity contribution in [1.29, 1.82) is 0 Å². The second-order valence-corrected chi connectivity index (χ2v) is 5.90. The molecule has 2 N–H and O–H groups in total. The summed E-state index contributed by atoms with van der Waals surface area (Å²) in [7, 11) is 1.57. The summed E-state index contributed by atoms with van der Waals surface area (Å²) in [6, 6.07) is 8.79. The number of piperidine rings is 1. The number of benzene rings is 1. The molecule has 3 rings (SSSR count). The lowest BCUT2D eigenvalue weighted by atomic mass is 10.1. The zero-order chi connectivity index (χ0) is 17.5. The third-order valence-electron chi connectivity index (χ3n) is 4.12. The maximum absolute atomic E-state index is 12.1. The van der Waals surface area contributed by atoms with E-state index in [9.17, 15) is 4.79 Å². The van der Waals surface area contributed by atoms with Crippen molar-refractivity contribution in [3.63, 3.8) is 0 Å². The number of urea groups is 1. The average Bonchev–Trinajstić information content (AvgIpc) is 2.68. The van der Waals surface area contributed by atoms with Gasteiger partial charge in [0.1, 0.15) is 5.75 Å². The van der Waals surface area contributed by atoms with Crippen LogP contribution in [0.15, 0.2) is 36.5 Å². The lowest BCUT2D eigenvalue weighted by Crippen LogP contribution is -2.32. The predicted molar refractivity (Wildman–Crippen MR) is 96.9 cm³/mol. The van der Waals surface area contributed by atoms with Crippen LogP contribution in [0, 0.1) is 0 Å². The number of carbonyl (C=O) groups is 1. The molecule has 1 aliphatic heterocycles. The number of anilines is 2. The molecule has 7 heteroatoms. The summed E-state index contributed by atoms with van der Waals surface area (Å²) in [6.45, 7) is 2.32. The lowest BCUT2D eigenvalue weighted by molar-refractivity contribution is 0.251. The summed E-state index contributed by atoms with van der Waals surface area (Å²) in [4.78, 5) is 23.2. The summed E-state index contributed by atoms with van der Waals surface area (Å²) in [5.41, 5.74) is 1.41. The number of methoxy groups -OCH3 is 1. The Morgan fingerprint density at radius 3 is 2.80 bits per heavy atom. The molecular formula is C18H23N5O2. The molecule has 2 heterocycles. The van der Waals surface area contributed by atoms with Crippen molar-refractivity contribution in [2.45, 2.75) is 25.8 Å². The summed E-state index contributed by atoms with van der Waals surface area (Å²) in [6.07, 6.45) is 5.35. The molecule has 7 nitrogen and oxygen atoms in total. The number of para-hydroxylation sites is 2. The van der Waals surface area contributed by atoms with Crippen LogP contribution < -0.4 is 20.3 Å². The van der Waals surface area contributed by atoms with Gasteiger partial charge in [-0.25, -0.2) is 14.8 Å². The van der Waals surface area contributed by atoms with Crippen LogP contribution in [0.3, 0.4) is 0 Å². The Morgan fingerprint density at radius 1 is 1.20 bits per heavy atom. The van der Waals surface area contributed by atoms with Crippen molar-refractivity contribution >= 4 is 17.7 Å². The Morgan fingerprint density at radius 2 is 2.00 bits per heavy atom. The fourth-order valence-electron chi connectivity index (χ4n) is 2.81.